The van der Waals surface area contributed by atoms with Gasteiger partial charge in [-0.25, -0.2) is 0 Å². The van der Waals surface area contributed by atoms with E-state index in [0.717, 1.165) is 10.9 Å². The highest BCUT2D eigenvalue weighted by Crippen LogP contribution is 2.16. The number of nitrogens with one attached hydrogen (secondary N) is 1. The minimum atomic E-state index is -0.368. The van der Waals surface area contributed by atoms with E-state index in [2.05, 4.69) is 37.4 Å². The Morgan fingerprint density at radius 3 is 2.94 bits per heavy atom. The van der Waals surface area contributed by atoms with Crippen molar-refractivity contribution < 1.29 is 9.21 Å². The van der Waals surface area contributed by atoms with Crippen molar-refractivity contribution in [3.63, 3.8) is 0 Å². The van der Waals surface area contributed by atoms with Crippen LogP contribution in [0.2, 0.25) is 0 Å². The molecule has 0 bridgehead atoms. The lowest BCUT2D eigenvalue weighted by atomic mass is 10.1. The SMILES string of the molecule is C#Cc1cc(Br)cc(C(=O)Nc2nnco2)c1. The highest BCUT2D eigenvalue weighted by Gasteiger charge is 2.10. The summed E-state index contributed by atoms with van der Waals surface area (Å²) >= 11 is 3.27. The fraction of sp³-hybridized carbons (Fsp3) is 0. The van der Waals surface area contributed by atoms with Gasteiger partial charge in [0.2, 0.25) is 6.39 Å². The molecule has 0 saturated heterocycles. The Labute approximate surface area is 105 Å². The standard InChI is InChI=1S/C11H6BrN3O2/c1-2-7-3-8(5-9(12)4-7)10(16)14-11-15-13-6-17-11/h1,3-6H,(H,14,15,16). The van der Waals surface area contributed by atoms with Gasteiger partial charge in [0, 0.05) is 15.6 Å². The molecule has 1 aromatic heterocycles. The van der Waals surface area contributed by atoms with E-state index in [9.17, 15) is 4.79 Å². The Hall–Kier alpha value is -2.13. The minimum absolute atomic E-state index is 0.0391. The quantitative estimate of drug-likeness (QED) is 0.860. The fourth-order valence-electron chi connectivity index (χ4n) is 1.20. The largest absolute Gasteiger partial charge is 0.411 e. The number of carbonyl (C=O) groups is 1. The van der Waals surface area contributed by atoms with Crippen LogP contribution < -0.4 is 5.32 Å². The summed E-state index contributed by atoms with van der Waals surface area (Å²) in [7, 11) is 0. The summed E-state index contributed by atoms with van der Waals surface area (Å²) in [5, 5.41) is 9.44. The number of carbonyl (C=O) groups excluding carboxylic acids is 1. The van der Waals surface area contributed by atoms with Crippen molar-refractivity contribution in [3.8, 4) is 12.3 Å². The second kappa shape index (κ2) is 4.80. The fourth-order valence-corrected chi connectivity index (χ4v) is 1.69. The summed E-state index contributed by atoms with van der Waals surface area (Å²) < 4.78 is 5.53. The Kier molecular flexibility index (Phi) is 3.21. The first-order valence-electron chi connectivity index (χ1n) is 4.54. The molecule has 2 rings (SSSR count). The molecule has 0 radical (unpaired) electrons. The molecule has 0 aliphatic rings. The predicted molar refractivity (Wildman–Crippen MR) is 64.3 cm³/mol. The third-order valence-electron chi connectivity index (χ3n) is 1.91. The molecule has 1 heterocycles. The zero-order chi connectivity index (χ0) is 12.3. The zero-order valence-electron chi connectivity index (χ0n) is 8.48. The number of nitrogens with zero attached hydrogens (tertiary/aromatic N) is 2. The van der Waals surface area contributed by atoms with Gasteiger partial charge in [-0.15, -0.1) is 11.5 Å². The van der Waals surface area contributed by atoms with Gasteiger partial charge >= 0.3 is 6.01 Å². The predicted octanol–water partition coefficient (Wildman–Crippen LogP) is 2.07. The molecule has 0 aliphatic heterocycles. The van der Waals surface area contributed by atoms with E-state index >= 15 is 0 Å². The molecule has 0 atom stereocenters. The molecule has 2 aromatic rings. The summed E-state index contributed by atoms with van der Waals surface area (Å²) in [4.78, 5) is 11.8. The second-order valence-electron chi connectivity index (χ2n) is 3.07. The maximum absolute atomic E-state index is 11.8. The van der Waals surface area contributed by atoms with Crippen LogP contribution >= 0.6 is 15.9 Å². The molecule has 84 valence electrons. The lowest BCUT2D eigenvalue weighted by Crippen LogP contribution is -2.12. The highest BCUT2D eigenvalue weighted by atomic mass is 79.9. The minimum Gasteiger partial charge on any atom is -0.411 e. The number of halogens is 1. The van der Waals surface area contributed by atoms with Crippen molar-refractivity contribution in [2.75, 3.05) is 5.32 Å². The zero-order valence-corrected chi connectivity index (χ0v) is 10.1. The molecule has 1 N–H and O–H groups in total. The molecule has 0 aliphatic carbocycles. The normalized spacial score (nSPS) is 9.65. The number of amides is 1. The average molecular weight is 292 g/mol. The average Bonchev–Trinajstić information content (AvgIpc) is 2.81. The van der Waals surface area contributed by atoms with Crippen molar-refractivity contribution in [1.82, 2.24) is 10.2 Å². The van der Waals surface area contributed by atoms with E-state index in [4.69, 9.17) is 10.8 Å². The molecule has 6 heteroatoms. The van der Waals surface area contributed by atoms with Crippen LogP contribution in [-0.2, 0) is 0 Å². The first-order valence-corrected chi connectivity index (χ1v) is 5.33. The van der Waals surface area contributed by atoms with Gasteiger partial charge in [-0.3, -0.25) is 10.1 Å². The maximum atomic E-state index is 11.8. The van der Waals surface area contributed by atoms with Crippen LogP contribution in [-0.4, -0.2) is 16.1 Å². The summed E-state index contributed by atoms with van der Waals surface area (Å²) in [6.45, 7) is 0. The van der Waals surface area contributed by atoms with E-state index in [1.54, 1.807) is 18.2 Å². The van der Waals surface area contributed by atoms with Crippen LogP contribution in [0.3, 0.4) is 0 Å². The van der Waals surface area contributed by atoms with Gasteiger partial charge in [0.1, 0.15) is 0 Å². The number of benzene rings is 1. The van der Waals surface area contributed by atoms with Gasteiger partial charge in [0.25, 0.3) is 5.91 Å². The molecule has 0 fully saturated rings. The second-order valence-corrected chi connectivity index (χ2v) is 3.99. The van der Waals surface area contributed by atoms with Gasteiger partial charge in [0.05, 0.1) is 0 Å². The highest BCUT2D eigenvalue weighted by molar-refractivity contribution is 9.10. The Morgan fingerprint density at radius 1 is 1.47 bits per heavy atom. The molecule has 5 nitrogen and oxygen atoms in total. The first kappa shape index (κ1) is 11.4. The van der Waals surface area contributed by atoms with Gasteiger partial charge < -0.3 is 4.42 Å². The van der Waals surface area contributed by atoms with Gasteiger partial charge in [-0.2, -0.15) is 0 Å². The third-order valence-corrected chi connectivity index (χ3v) is 2.36. The van der Waals surface area contributed by atoms with Crippen molar-refractivity contribution in [3.05, 3.63) is 40.2 Å². The molecule has 0 saturated carbocycles. The number of hydrogen-bond donors (Lipinski definition) is 1. The van der Waals surface area contributed by atoms with Crippen molar-refractivity contribution in [2.45, 2.75) is 0 Å². The molecule has 0 spiro atoms. The van der Waals surface area contributed by atoms with E-state index in [1.807, 2.05) is 0 Å². The summed E-state index contributed by atoms with van der Waals surface area (Å²) in [6, 6.07) is 5.02. The molecule has 1 aromatic carbocycles. The van der Waals surface area contributed by atoms with Gasteiger partial charge in [0.15, 0.2) is 0 Å². The van der Waals surface area contributed by atoms with Crippen molar-refractivity contribution in [2.24, 2.45) is 0 Å². The number of anilines is 1. The van der Waals surface area contributed by atoms with E-state index in [-0.39, 0.29) is 11.9 Å². The smallest absolute Gasteiger partial charge is 0.322 e. The molecular formula is C11H6BrN3O2. The van der Waals surface area contributed by atoms with Gasteiger partial charge in [-0.05, 0) is 18.2 Å². The summed E-state index contributed by atoms with van der Waals surface area (Å²) in [5.41, 5.74) is 1.01. The number of terminal acetylenes is 1. The maximum Gasteiger partial charge on any atom is 0.322 e. The third kappa shape index (κ3) is 2.71. The number of rotatable bonds is 2. The van der Waals surface area contributed by atoms with Crippen LogP contribution in [0.5, 0.6) is 0 Å². The molecule has 17 heavy (non-hydrogen) atoms. The van der Waals surface area contributed by atoms with Gasteiger partial charge in [-0.1, -0.05) is 26.9 Å². The number of hydrogen-bond acceptors (Lipinski definition) is 4. The molecular weight excluding hydrogens is 286 g/mol. The Balaban J connectivity index is 2.25. The lowest BCUT2D eigenvalue weighted by molar-refractivity contribution is 0.102. The van der Waals surface area contributed by atoms with Crippen LogP contribution in [0.15, 0.2) is 33.5 Å². The summed E-state index contributed by atoms with van der Waals surface area (Å²) in [5.74, 6) is 2.09. The van der Waals surface area contributed by atoms with E-state index in [0.29, 0.717) is 11.1 Å². The monoisotopic (exact) mass is 291 g/mol. The molecule has 1 amide bonds. The molecule has 0 unspecified atom stereocenters. The van der Waals surface area contributed by atoms with E-state index < -0.39 is 0 Å². The first-order chi connectivity index (χ1) is 8.19. The topological polar surface area (TPSA) is 68.0 Å². The lowest BCUT2D eigenvalue weighted by Gasteiger charge is -2.02. The van der Waals surface area contributed by atoms with Crippen LogP contribution in [0.25, 0.3) is 0 Å². The van der Waals surface area contributed by atoms with Crippen LogP contribution in [0.4, 0.5) is 6.01 Å². The Bertz CT molecular complexity index is 587. The number of aromatic nitrogens is 2. The summed E-state index contributed by atoms with van der Waals surface area (Å²) in [6.07, 6.45) is 6.41. The van der Waals surface area contributed by atoms with E-state index in [1.165, 1.54) is 0 Å². The Morgan fingerprint density at radius 2 is 2.29 bits per heavy atom. The van der Waals surface area contributed by atoms with Crippen molar-refractivity contribution in [1.29, 1.82) is 0 Å². The van der Waals surface area contributed by atoms with Crippen LogP contribution in [0, 0.1) is 12.3 Å². The van der Waals surface area contributed by atoms with Crippen LogP contribution in [0.1, 0.15) is 15.9 Å². The van der Waals surface area contributed by atoms with Crippen molar-refractivity contribution >= 4 is 27.9 Å².